The second-order valence-electron chi connectivity index (χ2n) is 8.85. The van der Waals surface area contributed by atoms with Crippen LogP contribution in [0.4, 0.5) is 5.95 Å². The summed E-state index contributed by atoms with van der Waals surface area (Å²) in [5, 5.41) is 30.3. The van der Waals surface area contributed by atoms with Gasteiger partial charge in [0.1, 0.15) is 23.2 Å². The van der Waals surface area contributed by atoms with Crippen LogP contribution in [0.3, 0.4) is 0 Å². The van der Waals surface area contributed by atoms with E-state index < -0.39 is 0 Å². The lowest BCUT2D eigenvalue weighted by atomic mass is 10.0. The first-order valence-electron chi connectivity index (χ1n) is 11.6. The van der Waals surface area contributed by atoms with E-state index in [1.165, 1.54) is 18.2 Å². The number of hydrogen-bond acceptors (Lipinski definition) is 8. The van der Waals surface area contributed by atoms with Gasteiger partial charge in [-0.3, -0.25) is 4.57 Å². The maximum absolute atomic E-state index is 10.9. The molecular formula is C25H27N7O2S. The zero-order valence-corrected chi connectivity index (χ0v) is 20.6. The molecule has 4 heterocycles. The first-order valence-corrected chi connectivity index (χ1v) is 12.6. The molecule has 3 aromatic heterocycles. The number of para-hydroxylation sites is 2. The first-order chi connectivity index (χ1) is 17.0. The van der Waals surface area contributed by atoms with Gasteiger partial charge in [0.25, 0.3) is 0 Å². The number of thioether (sulfide) groups is 1. The van der Waals surface area contributed by atoms with Gasteiger partial charge in [-0.05, 0) is 43.0 Å². The van der Waals surface area contributed by atoms with E-state index in [0.717, 1.165) is 42.3 Å². The predicted molar refractivity (Wildman–Crippen MR) is 135 cm³/mol. The monoisotopic (exact) mass is 489 g/mol. The van der Waals surface area contributed by atoms with Crippen molar-refractivity contribution in [3.63, 3.8) is 0 Å². The molecule has 1 aromatic carbocycles. The minimum atomic E-state index is -0.0448. The van der Waals surface area contributed by atoms with Crippen LogP contribution < -0.4 is 4.90 Å². The van der Waals surface area contributed by atoms with Crippen LogP contribution in [0, 0.1) is 17.2 Å². The molecular weight excluding hydrogens is 462 g/mol. The number of nitriles is 1. The summed E-state index contributed by atoms with van der Waals surface area (Å²) in [7, 11) is 1.84. The van der Waals surface area contributed by atoms with E-state index in [1.807, 2.05) is 52.6 Å². The summed E-state index contributed by atoms with van der Waals surface area (Å²) in [5.74, 6) is 2.75. The number of nitrogens with zero attached hydrogens (tertiary/aromatic N) is 7. The zero-order chi connectivity index (χ0) is 24.4. The summed E-state index contributed by atoms with van der Waals surface area (Å²) in [6, 6.07) is 13.6. The highest BCUT2D eigenvalue weighted by atomic mass is 32.2. The van der Waals surface area contributed by atoms with E-state index in [2.05, 4.69) is 33.1 Å². The van der Waals surface area contributed by atoms with Crippen molar-refractivity contribution in [3.05, 3.63) is 60.0 Å². The molecule has 0 spiro atoms. The van der Waals surface area contributed by atoms with Crippen LogP contribution in [-0.4, -0.2) is 48.3 Å². The number of aliphatic hydroxyl groups excluding tert-OH is 1. The molecule has 0 aliphatic carbocycles. The number of aliphatic hydroxyl groups is 1. The van der Waals surface area contributed by atoms with Gasteiger partial charge in [0.05, 0.1) is 29.6 Å². The molecule has 0 saturated carbocycles. The maximum atomic E-state index is 10.9. The van der Waals surface area contributed by atoms with Crippen molar-refractivity contribution in [3.8, 4) is 6.07 Å². The molecule has 1 atom stereocenters. The highest BCUT2D eigenvalue weighted by Gasteiger charge is 2.24. The third-order valence-electron chi connectivity index (χ3n) is 6.28. The standard InChI is InChI=1S/C25H27N7O2S/c1-17-7-5-11-31(14-17)24-28-29-25(32(24)15-18-8-6-12-34-18)35-16-22(33)19(13-26)23-27-20-9-3-4-10-21(20)30(23)2/h3-4,6,8-10,12,17,33H,5,7,11,14-16H2,1-2H3/b22-19-. The zero-order valence-electron chi connectivity index (χ0n) is 19.8. The number of benzene rings is 1. The van der Waals surface area contributed by atoms with E-state index in [9.17, 15) is 10.4 Å². The van der Waals surface area contributed by atoms with Crippen LogP contribution in [-0.2, 0) is 13.6 Å². The molecule has 1 fully saturated rings. The lowest BCUT2D eigenvalue weighted by Crippen LogP contribution is -2.36. The van der Waals surface area contributed by atoms with Crippen LogP contribution >= 0.6 is 11.8 Å². The SMILES string of the molecule is CC1CCCN(c2nnc(SC/C(O)=C(\C#N)c3nc4ccccc4n3C)n2Cc2ccco2)C1. The Bertz CT molecular complexity index is 1400. The van der Waals surface area contributed by atoms with Gasteiger partial charge >= 0.3 is 0 Å². The van der Waals surface area contributed by atoms with Crippen LogP contribution in [0.25, 0.3) is 16.6 Å². The summed E-state index contributed by atoms with van der Waals surface area (Å²) >= 11 is 1.34. The third-order valence-corrected chi connectivity index (χ3v) is 7.26. The molecule has 35 heavy (non-hydrogen) atoms. The number of aromatic nitrogens is 5. The number of fused-ring (bicyclic) bond motifs is 1. The Balaban J connectivity index is 1.43. The molecule has 1 unspecified atom stereocenters. The van der Waals surface area contributed by atoms with Crippen molar-refractivity contribution in [2.45, 2.75) is 31.5 Å². The summed E-state index contributed by atoms with van der Waals surface area (Å²) in [5.41, 5.74) is 1.82. The van der Waals surface area contributed by atoms with Gasteiger partial charge in [0.2, 0.25) is 5.95 Å². The van der Waals surface area contributed by atoms with Gasteiger partial charge in [0, 0.05) is 20.1 Å². The Kier molecular flexibility index (Phi) is 6.51. The van der Waals surface area contributed by atoms with E-state index >= 15 is 0 Å². The highest BCUT2D eigenvalue weighted by Crippen LogP contribution is 2.29. The topological polar surface area (TPSA) is 109 Å². The Hall–Kier alpha value is -3.71. The first kappa shape index (κ1) is 23.1. The van der Waals surface area contributed by atoms with Crippen LogP contribution in [0.15, 0.2) is 58.0 Å². The number of piperidine rings is 1. The summed E-state index contributed by atoms with van der Waals surface area (Å²) in [4.78, 5) is 6.83. The molecule has 180 valence electrons. The van der Waals surface area contributed by atoms with E-state index in [0.29, 0.717) is 23.4 Å². The average molecular weight is 490 g/mol. The normalized spacial score (nSPS) is 16.9. The van der Waals surface area contributed by atoms with Crippen LogP contribution in [0.2, 0.25) is 0 Å². The lowest BCUT2D eigenvalue weighted by Gasteiger charge is -2.31. The van der Waals surface area contributed by atoms with Crippen molar-refractivity contribution in [1.82, 2.24) is 24.3 Å². The fourth-order valence-electron chi connectivity index (χ4n) is 4.51. The summed E-state index contributed by atoms with van der Waals surface area (Å²) in [6.07, 6.45) is 3.98. The van der Waals surface area contributed by atoms with Crippen molar-refractivity contribution in [2.24, 2.45) is 13.0 Å². The number of rotatable bonds is 7. The smallest absolute Gasteiger partial charge is 0.228 e. The molecule has 1 N–H and O–H groups in total. The van der Waals surface area contributed by atoms with Crippen molar-refractivity contribution in [2.75, 3.05) is 23.7 Å². The van der Waals surface area contributed by atoms with E-state index in [1.54, 1.807) is 6.26 Å². The molecule has 5 rings (SSSR count). The molecule has 10 heteroatoms. The summed E-state index contributed by atoms with van der Waals surface area (Å²) < 4.78 is 9.44. The predicted octanol–water partition coefficient (Wildman–Crippen LogP) is 4.63. The largest absolute Gasteiger partial charge is 0.510 e. The van der Waals surface area contributed by atoms with Gasteiger partial charge in [-0.2, -0.15) is 5.26 Å². The quantitative estimate of drug-likeness (QED) is 0.227. The third kappa shape index (κ3) is 4.64. The molecule has 1 aliphatic rings. The van der Waals surface area contributed by atoms with Gasteiger partial charge in [-0.1, -0.05) is 30.8 Å². The van der Waals surface area contributed by atoms with E-state index in [4.69, 9.17) is 4.42 Å². The number of furan rings is 1. The fraction of sp³-hybridized carbons (Fsp3) is 0.360. The van der Waals surface area contributed by atoms with Gasteiger partial charge < -0.3 is 19.0 Å². The number of anilines is 1. The van der Waals surface area contributed by atoms with Gasteiger partial charge in [0.15, 0.2) is 11.0 Å². The van der Waals surface area contributed by atoms with Crippen LogP contribution in [0.5, 0.6) is 0 Å². The van der Waals surface area contributed by atoms with Gasteiger partial charge in [-0.25, -0.2) is 4.98 Å². The average Bonchev–Trinajstić information content (AvgIpc) is 3.59. The number of hydrogen-bond donors (Lipinski definition) is 1. The molecule has 1 aliphatic heterocycles. The van der Waals surface area contributed by atoms with Crippen molar-refractivity contribution >= 4 is 34.3 Å². The Morgan fingerprint density at radius 1 is 1.26 bits per heavy atom. The van der Waals surface area contributed by atoms with Gasteiger partial charge in [-0.15, -0.1) is 10.2 Å². The molecule has 0 bridgehead atoms. The molecule has 0 radical (unpaired) electrons. The van der Waals surface area contributed by atoms with Crippen molar-refractivity contribution < 1.29 is 9.52 Å². The second kappa shape index (κ2) is 9.88. The fourth-order valence-corrected chi connectivity index (χ4v) is 5.32. The summed E-state index contributed by atoms with van der Waals surface area (Å²) in [6.45, 7) is 4.60. The number of imidazole rings is 1. The Morgan fingerprint density at radius 3 is 2.86 bits per heavy atom. The van der Waals surface area contributed by atoms with Crippen molar-refractivity contribution in [1.29, 1.82) is 5.26 Å². The molecule has 4 aromatic rings. The molecule has 0 amide bonds. The minimum Gasteiger partial charge on any atom is -0.510 e. The maximum Gasteiger partial charge on any atom is 0.228 e. The Labute approximate surface area is 207 Å². The highest BCUT2D eigenvalue weighted by molar-refractivity contribution is 7.99. The Morgan fingerprint density at radius 2 is 2.11 bits per heavy atom. The minimum absolute atomic E-state index is 0.0448. The second-order valence-corrected chi connectivity index (χ2v) is 9.79. The van der Waals surface area contributed by atoms with E-state index in [-0.39, 0.29) is 17.1 Å². The molecule has 1 saturated heterocycles. The lowest BCUT2D eigenvalue weighted by molar-refractivity contribution is 0.420. The number of aryl methyl sites for hydroxylation is 1. The molecule has 9 nitrogen and oxygen atoms in total. The van der Waals surface area contributed by atoms with Crippen LogP contribution in [0.1, 0.15) is 31.4 Å². The number of allylic oxidation sites excluding steroid dienone is 1.